The monoisotopic (exact) mass is 277 g/mol. The molecule has 1 aromatic rings. The molecule has 0 aromatic heterocycles. The summed E-state index contributed by atoms with van der Waals surface area (Å²) < 4.78 is 5.77. The number of hydrogen-bond donors (Lipinski definition) is 2. The third-order valence-electron chi connectivity index (χ3n) is 3.48. The van der Waals surface area contributed by atoms with E-state index >= 15 is 0 Å². The van der Waals surface area contributed by atoms with E-state index in [-0.39, 0.29) is 18.1 Å². The van der Waals surface area contributed by atoms with E-state index in [4.69, 9.17) is 10.5 Å². The van der Waals surface area contributed by atoms with E-state index in [0.717, 1.165) is 17.9 Å². The Kier molecular flexibility index (Phi) is 4.37. The highest BCUT2D eigenvalue weighted by Crippen LogP contribution is 2.34. The summed E-state index contributed by atoms with van der Waals surface area (Å²) in [4.78, 5) is 14.1. The maximum atomic E-state index is 12.0. The summed E-state index contributed by atoms with van der Waals surface area (Å²) in [5, 5.41) is 2.99. The number of rotatable bonds is 4. The molecule has 0 bridgehead atoms. The lowest BCUT2D eigenvalue weighted by molar-refractivity contribution is -0.120. The average Bonchev–Trinajstić information content (AvgIpc) is 2.37. The first kappa shape index (κ1) is 14.5. The van der Waals surface area contributed by atoms with Crippen LogP contribution < -0.4 is 20.7 Å². The second-order valence-corrected chi connectivity index (χ2v) is 5.41. The molecule has 1 aliphatic rings. The van der Waals surface area contributed by atoms with E-state index < -0.39 is 0 Å². The molecule has 0 aliphatic carbocycles. The molecule has 1 heterocycles. The summed E-state index contributed by atoms with van der Waals surface area (Å²) in [6.45, 7) is 7.10. The molecular weight excluding hydrogens is 254 g/mol. The van der Waals surface area contributed by atoms with Gasteiger partial charge in [-0.3, -0.25) is 4.79 Å². The largest absolute Gasteiger partial charge is 0.487 e. The third-order valence-corrected chi connectivity index (χ3v) is 3.48. The van der Waals surface area contributed by atoms with Gasteiger partial charge in [0.05, 0.1) is 18.8 Å². The van der Waals surface area contributed by atoms with E-state index in [1.165, 1.54) is 0 Å². The molecule has 0 fully saturated rings. The Morgan fingerprint density at radius 3 is 3.05 bits per heavy atom. The first-order valence-corrected chi connectivity index (χ1v) is 7.10. The van der Waals surface area contributed by atoms with Gasteiger partial charge in [-0.15, -0.1) is 0 Å². The summed E-state index contributed by atoms with van der Waals surface area (Å²) in [7, 11) is 0. The smallest absolute Gasteiger partial charge is 0.239 e. The summed E-state index contributed by atoms with van der Waals surface area (Å²) in [5.41, 5.74) is 7.38. The predicted molar refractivity (Wildman–Crippen MR) is 81.1 cm³/mol. The number of anilines is 2. The van der Waals surface area contributed by atoms with Gasteiger partial charge in [-0.1, -0.05) is 6.92 Å². The Hall–Kier alpha value is -1.91. The maximum absolute atomic E-state index is 12.0. The summed E-state index contributed by atoms with van der Waals surface area (Å²) in [5.74, 6) is 0.788. The highest BCUT2D eigenvalue weighted by Gasteiger charge is 2.24. The Morgan fingerprint density at radius 1 is 1.60 bits per heavy atom. The number of carbonyl (C=O) groups excluding carboxylic acids is 1. The second-order valence-electron chi connectivity index (χ2n) is 5.41. The fourth-order valence-corrected chi connectivity index (χ4v) is 2.29. The molecular formula is C15H23N3O2. The van der Waals surface area contributed by atoms with E-state index in [1.807, 2.05) is 36.9 Å². The first-order valence-electron chi connectivity index (χ1n) is 7.10. The summed E-state index contributed by atoms with van der Waals surface area (Å²) in [6, 6.07) is 5.75. The van der Waals surface area contributed by atoms with Gasteiger partial charge in [0.15, 0.2) is 0 Å². The molecule has 1 aliphatic heterocycles. The minimum absolute atomic E-state index is 0.0382. The summed E-state index contributed by atoms with van der Waals surface area (Å²) >= 11 is 0. The number of amides is 1. The van der Waals surface area contributed by atoms with Crippen molar-refractivity contribution in [1.29, 1.82) is 0 Å². The average molecular weight is 277 g/mol. The van der Waals surface area contributed by atoms with Crippen molar-refractivity contribution in [2.45, 2.75) is 39.3 Å². The van der Waals surface area contributed by atoms with Crippen LogP contribution in [0.4, 0.5) is 11.4 Å². The van der Waals surface area contributed by atoms with Crippen molar-refractivity contribution in [3.05, 3.63) is 18.2 Å². The van der Waals surface area contributed by atoms with Crippen molar-refractivity contribution < 1.29 is 9.53 Å². The standard InChI is InChI=1S/C15H23N3O2/c1-4-10(2)17-15(19)9-18-8-11(3)20-14-7-12(16)5-6-13(14)18/h5-7,10-11H,4,8-9,16H2,1-3H3,(H,17,19). The number of ether oxygens (including phenoxy) is 1. The lowest BCUT2D eigenvalue weighted by Crippen LogP contribution is -2.46. The van der Waals surface area contributed by atoms with Crippen LogP contribution in [0.5, 0.6) is 5.75 Å². The number of nitrogen functional groups attached to an aromatic ring is 1. The SMILES string of the molecule is CCC(C)NC(=O)CN1CC(C)Oc2cc(N)ccc21. The normalized spacial score (nSPS) is 18.9. The van der Waals surface area contributed by atoms with Crippen molar-refractivity contribution in [3.63, 3.8) is 0 Å². The fraction of sp³-hybridized carbons (Fsp3) is 0.533. The molecule has 5 nitrogen and oxygen atoms in total. The minimum atomic E-state index is 0.0382. The Morgan fingerprint density at radius 2 is 2.35 bits per heavy atom. The van der Waals surface area contributed by atoms with Crippen molar-refractivity contribution >= 4 is 17.3 Å². The van der Waals surface area contributed by atoms with Gasteiger partial charge in [-0.05, 0) is 32.4 Å². The van der Waals surface area contributed by atoms with Crippen LogP contribution in [0.15, 0.2) is 18.2 Å². The van der Waals surface area contributed by atoms with Gasteiger partial charge in [-0.25, -0.2) is 0 Å². The Balaban J connectivity index is 2.11. The quantitative estimate of drug-likeness (QED) is 0.823. The molecule has 0 radical (unpaired) electrons. The highest BCUT2D eigenvalue weighted by molar-refractivity contribution is 5.82. The fourth-order valence-electron chi connectivity index (χ4n) is 2.29. The molecule has 20 heavy (non-hydrogen) atoms. The highest BCUT2D eigenvalue weighted by atomic mass is 16.5. The minimum Gasteiger partial charge on any atom is -0.487 e. The van der Waals surface area contributed by atoms with Gasteiger partial charge in [-0.2, -0.15) is 0 Å². The van der Waals surface area contributed by atoms with Gasteiger partial charge < -0.3 is 20.7 Å². The molecule has 0 saturated carbocycles. The molecule has 2 atom stereocenters. The predicted octanol–water partition coefficient (Wildman–Crippen LogP) is 1.77. The van der Waals surface area contributed by atoms with E-state index in [9.17, 15) is 4.79 Å². The molecule has 2 rings (SSSR count). The van der Waals surface area contributed by atoms with Crippen LogP contribution >= 0.6 is 0 Å². The zero-order valence-electron chi connectivity index (χ0n) is 12.3. The van der Waals surface area contributed by atoms with Gasteiger partial charge in [0.2, 0.25) is 5.91 Å². The van der Waals surface area contributed by atoms with Gasteiger partial charge in [0.1, 0.15) is 11.9 Å². The number of hydrogen-bond acceptors (Lipinski definition) is 4. The number of nitrogens with two attached hydrogens (primary N) is 1. The molecule has 3 N–H and O–H groups in total. The van der Waals surface area contributed by atoms with E-state index in [0.29, 0.717) is 18.8 Å². The molecule has 0 saturated heterocycles. The topological polar surface area (TPSA) is 67.6 Å². The first-order chi connectivity index (χ1) is 9.49. The van der Waals surface area contributed by atoms with Crippen LogP contribution in [0, 0.1) is 0 Å². The Bertz CT molecular complexity index is 490. The maximum Gasteiger partial charge on any atom is 0.239 e. The van der Waals surface area contributed by atoms with Gasteiger partial charge >= 0.3 is 0 Å². The lowest BCUT2D eigenvalue weighted by Gasteiger charge is -2.34. The second kappa shape index (κ2) is 6.03. The van der Waals surface area contributed by atoms with Crippen molar-refractivity contribution in [1.82, 2.24) is 5.32 Å². The zero-order chi connectivity index (χ0) is 14.7. The molecule has 1 aromatic carbocycles. The zero-order valence-corrected chi connectivity index (χ0v) is 12.3. The number of fused-ring (bicyclic) bond motifs is 1. The number of nitrogens with zero attached hydrogens (tertiary/aromatic N) is 1. The van der Waals surface area contributed by atoms with Crippen LogP contribution in [-0.4, -0.2) is 31.1 Å². The van der Waals surface area contributed by atoms with Gasteiger partial charge in [0, 0.05) is 17.8 Å². The van der Waals surface area contributed by atoms with Crippen molar-refractivity contribution in [3.8, 4) is 5.75 Å². The molecule has 5 heteroatoms. The van der Waals surface area contributed by atoms with Crippen LogP contribution in [0.3, 0.4) is 0 Å². The molecule has 0 spiro atoms. The number of nitrogens with one attached hydrogen (secondary N) is 1. The third kappa shape index (κ3) is 3.35. The van der Waals surface area contributed by atoms with Crippen LogP contribution in [-0.2, 0) is 4.79 Å². The molecule has 110 valence electrons. The summed E-state index contributed by atoms with van der Waals surface area (Å²) in [6.07, 6.45) is 0.971. The molecule has 1 amide bonds. The number of carbonyl (C=O) groups is 1. The lowest BCUT2D eigenvalue weighted by atomic mass is 10.1. The Labute approximate surface area is 120 Å². The molecule has 2 unspecified atom stereocenters. The number of benzene rings is 1. The van der Waals surface area contributed by atoms with Crippen molar-refractivity contribution in [2.24, 2.45) is 0 Å². The van der Waals surface area contributed by atoms with Gasteiger partial charge in [0.25, 0.3) is 0 Å². The van der Waals surface area contributed by atoms with Crippen LogP contribution in [0.25, 0.3) is 0 Å². The van der Waals surface area contributed by atoms with Crippen molar-refractivity contribution in [2.75, 3.05) is 23.7 Å². The van der Waals surface area contributed by atoms with Crippen LogP contribution in [0.2, 0.25) is 0 Å². The van der Waals surface area contributed by atoms with E-state index in [1.54, 1.807) is 0 Å². The van der Waals surface area contributed by atoms with E-state index in [2.05, 4.69) is 12.2 Å². The van der Waals surface area contributed by atoms with Crippen LogP contribution in [0.1, 0.15) is 27.2 Å².